The van der Waals surface area contributed by atoms with Gasteiger partial charge in [-0.1, -0.05) is 0 Å². The van der Waals surface area contributed by atoms with Crippen LogP contribution >= 0.6 is 0 Å². The Kier molecular flexibility index (Phi) is 3.70. The average molecular weight is 289 g/mol. The quantitative estimate of drug-likeness (QED) is 0.555. The van der Waals surface area contributed by atoms with Gasteiger partial charge in [-0.05, 0) is 6.92 Å². The Balaban J connectivity index is 2.37. The molecule has 1 aromatic heterocycles. The third-order valence-corrected chi connectivity index (χ3v) is 2.88. The summed E-state index contributed by atoms with van der Waals surface area (Å²) in [5, 5.41) is 29.3. The van der Waals surface area contributed by atoms with E-state index in [0.717, 1.165) is 0 Å². The highest BCUT2D eigenvalue weighted by Crippen LogP contribution is 2.28. The highest BCUT2D eigenvalue weighted by molar-refractivity contribution is 5.81. The number of ether oxygens (including phenoxy) is 1. The number of hydrogen-bond acceptors (Lipinski definition) is 6. The Morgan fingerprint density at radius 2 is 2.15 bits per heavy atom. The van der Waals surface area contributed by atoms with E-state index >= 15 is 0 Å². The maximum absolute atomic E-state index is 13.6. The van der Waals surface area contributed by atoms with Gasteiger partial charge in [0.25, 0.3) is 0 Å². The summed E-state index contributed by atoms with van der Waals surface area (Å²) >= 11 is 0. The zero-order chi connectivity index (χ0) is 15.0. The Morgan fingerprint density at radius 3 is 2.65 bits per heavy atom. The van der Waals surface area contributed by atoms with E-state index in [1.54, 1.807) is 5.32 Å². The van der Waals surface area contributed by atoms with Gasteiger partial charge in [-0.3, -0.25) is 9.88 Å². The first-order valence-electron chi connectivity index (χ1n) is 5.61. The molecule has 0 spiro atoms. The molecule has 9 nitrogen and oxygen atoms in total. The highest BCUT2D eigenvalue weighted by atomic mass is 19.1. The summed E-state index contributed by atoms with van der Waals surface area (Å²) in [6.07, 6.45) is -5.63. The molecule has 1 fully saturated rings. The van der Waals surface area contributed by atoms with Gasteiger partial charge in [0.1, 0.15) is 12.2 Å². The normalized spacial score (nSPS) is 29.4. The Morgan fingerprint density at radius 1 is 1.50 bits per heavy atom. The number of aliphatic hydroxyl groups is 2. The molecule has 1 aromatic rings. The van der Waals surface area contributed by atoms with Gasteiger partial charge in [0, 0.05) is 0 Å². The number of nitrogens with zero attached hydrogens (tertiary/aromatic N) is 2. The van der Waals surface area contributed by atoms with Crippen molar-refractivity contribution >= 4 is 11.9 Å². The van der Waals surface area contributed by atoms with Crippen LogP contribution < -0.4 is 11.0 Å². The van der Waals surface area contributed by atoms with Gasteiger partial charge in [-0.2, -0.15) is 4.98 Å². The minimum Gasteiger partial charge on any atom is -0.465 e. The molecule has 110 valence electrons. The number of hydrogen-bond donors (Lipinski definition) is 4. The van der Waals surface area contributed by atoms with Crippen LogP contribution in [0.15, 0.2) is 11.0 Å². The van der Waals surface area contributed by atoms with E-state index in [-0.39, 0.29) is 0 Å². The first kappa shape index (κ1) is 14.4. The van der Waals surface area contributed by atoms with Crippen LogP contribution in [-0.4, -0.2) is 49.3 Å². The van der Waals surface area contributed by atoms with E-state index in [2.05, 4.69) is 4.98 Å². The van der Waals surface area contributed by atoms with E-state index in [9.17, 15) is 24.2 Å². The number of carboxylic acid groups (broad SMARTS) is 1. The van der Waals surface area contributed by atoms with E-state index in [1.165, 1.54) is 6.92 Å². The number of aromatic nitrogens is 2. The molecule has 4 atom stereocenters. The van der Waals surface area contributed by atoms with Crippen molar-refractivity contribution in [1.82, 2.24) is 9.55 Å². The molecule has 1 amide bonds. The van der Waals surface area contributed by atoms with E-state index in [0.29, 0.717) is 10.8 Å². The molecule has 0 aliphatic carbocycles. The van der Waals surface area contributed by atoms with E-state index in [1.807, 2.05) is 0 Å². The Labute approximate surface area is 111 Å². The summed E-state index contributed by atoms with van der Waals surface area (Å²) in [5.74, 6) is -1.86. The van der Waals surface area contributed by atoms with Crippen LogP contribution in [0.25, 0.3) is 0 Å². The molecule has 1 aliphatic heterocycles. The third kappa shape index (κ3) is 2.48. The van der Waals surface area contributed by atoms with Crippen molar-refractivity contribution in [2.24, 2.45) is 0 Å². The smallest absolute Gasteiger partial charge is 0.410 e. The molecule has 2 rings (SSSR count). The second-order valence-corrected chi connectivity index (χ2v) is 4.27. The number of amides is 1. The van der Waals surface area contributed by atoms with Crippen LogP contribution in [0.1, 0.15) is 13.2 Å². The lowest BCUT2D eigenvalue weighted by atomic mass is 10.1. The van der Waals surface area contributed by atoms with E-state index in [4.69, 9.17) is 9.84 Å². The summed E-state index contributed by atoms with van der Waals surface area (Å²) in [6.45, 7) is 1.48. The number of nitrogens with one attached hydrogen (secondary N) is 1. The summed E-state index contributed by atoms with van der Waals surface area (Å²) < 4.78 is 19.4. The first-order chi connectivity index (χ1) is 9.31. The number of aliphatic hydroxyl groups excluding tert-OH is 2. The van der Waals surface area contributed by atoms with Crippen molar-refractivity contribution in [3.05, 3.63) is 22.5 Å². The molecule has 4 N–H and O–H groups in total. The second kappa shape index (κ2) is 5.15. The molecular weight excluding hydrogens is 277 g/mol. The van der Waals surface area contributed by atoms with Crippen molar-refractivity contribution < 1.29 is 29.2 Å². The zero-order valence-corrected chi connectivity index (χ0v) is 10.2. The molecule has 0 saturated carbocycles. The maximum Gasteiger partial charge on any atom is 0.410 e. The zero-order valence-electron chi connectivity index (χ0n) is 10.2. The SMILES string of the molecule is C[C@H]1O[C@@H](n2cc(F)c(NC(=O)O)nc2=O)C(O)C1O. The Bertz CT molecular complexity index is 591. The van der Waals surface area contributed by atoms with Gasteiger partial charge in [0.05, 0.1) is 12.3 Å². The topological polar surface area (TPSA) is 134 Å². The van der Waals surface area contributed by atoms with Crippen molar-refractivity contribution in [1.29, 1.82) is 0 Å². The summed E-state index contributed by atoms with van der Waals surface area (Å²) in [4.78, 5) is 25.3. The van der Waals surface area contributed by atoms with Crippen LogP contribution in [0.3, 0.4) is 0 Å². The molecule has 2 heterocycles. The standard InChI is InChI=1S/C10H12FN3O6/c1-3-5(15)6(16)8(20-3)14-2-4(11)7(12-9(14)17)13-10(18)19/h2-3,5-6,8,15-16H,1H3,(H,18,19)(H,12,13,17)/t3-,5?,6?,8-/m1/s1. The maximum atomic E-state index is 13.6. The minimum atomic E-state index is -1.57. The lowest BCUT2D eigenvalue weighted by Crippen LogP contribution is -2.36. The van der Waals surface area contributed by atoms with Crippen LogP contribution in [0.5, 0.6) is 0 Å². The van der Waals surface area contributed by atoms with Crippen LogP contribution in [0, 0.1) is 5.82 Å². The Hall–Kier alpha value is -2.04. The van der Waals surface area contributed by atoms with Gasteiger partial charge in [0.2, 0.25) is 0 Å². The molecule has 2 unspecified atom stereocenters. The van der Waals surface area contributed by atoms with Gasteiger partial charge in [-0.25, -0.2) is 14.0 Å². The van der Waals surface area contributed by atoms with Crippen molar-refractivity contribution in [2.45, 2.75) is 31.5 Å². The molecule has 10 heteroatoms. The van der Waals surface area contributed by atoms with Gasteiger partial charge in [-0.15, -0.1) is 0 Å². The molecular formula is C10H12FN3O6. The lowest BCUT2D eigenvalue weighted by molar-refractivity contribution is -0.0355. The highest BCUT2D eigenvalue weighted by Gasteiger charge is 2.42. The largest absolute Gasteiger partial charge is 0.465 e. The summed E-state index contributed by atoms with van der Waals surface area (Å²) in [7, 11) is 0. The number of rotatable bonds is 2. The van der Waals surface area contributed by atoms with Crippen molar-refractivity contribution in [3.8, 4) is 0 Å². The fourth-order valence-electron chi connectivity index (χ4n) is 1.87. The molecule has 0 radical (unpaired) electrons. The lowest BCUT2D eigenvalue weighted by Gasteiger charge is -2.17. The summed E-state index contributed by atoms with van der Waals surface area (Å²) in [5.41, 5.74) is -1.03. The molecule has 1 saturated heterocycles. The second-order valence-electron chi connectivity index (χ2n) is 4.27. The predicted molar refractivity (Wildman–Crippen MR) is 61.7 cm³/mol. The first-order valence-corrected chi connectivity index (χ1v) is 5.61. The van der Waals surface area contributed by atoms with Gasteiger partial charge >= 0.3 is 11.8 Å². The molecule has 20 heavy (non-hydrogen) atoms. The van der Waals surface area contributed by atoms with E-state index < -0.39 is 48.0 Å². The molecule has 0 aromatic carbocycles. The molecule has 1 aliphatic rings. The third-order valence-electron chi connectivity index (χ3n) is 2.88. The number of halogens is 1. The van der Waals surface area contributed by atoms with Crippen LogP contribution in [0.2, 0.25) is 0 Å². The van der Waals surface area contributed by atoms with Gasteiger partial charge in [0.15, 0.2) is 17.9 Å². The van der Waals surface area contributed by atoms with Crippen molar-refractivity contribution in [3.63, 3.8) is 0 Å². The fourth-order valence-corrected chi connectivity index (χ4v) is 1.87. The fraction of sp³-hybridized carbons (Fsp3) is 0.500. The molecule has 0 bridgehead atoms. The monoisotopic (exact) mass is 289 g/mol. The van der Waals surface area contributed by atoms with Crippen molar-refractivity contribution in [2.75, 3.05) is 5.32 Å². The van der Waals surface area contributed by atoms with Crippen LogP contribution in [0.4, 0.5) is 15.0 Å². The minimum absolute atomic E-state index is 0.652. The number of carbonyl (C=O) groups is 1. The van der Waals surface area contributed by atoms with Crippen LogP contribution in [-0.2, 0) is 4.74 Å². The summed E-state index contributed by atoms with van der Waals surface area (Å²) in [6, 6.07) is 0. The number of anilines is 1. The van der Waals surface area contributed by atoms with Gasteiger partial charge < -0.3 is 20.1 Å². The predicted octanol–water partition coefficient (Wildman–Crippen LogP) is -0.889. The average Bonchev–Trinajstić information content (AvgIpc) is 2.61.